The van der Waals surface area contributed by atoms with Crippen LogP contribution in [0, 0.1) is 0 Å². The maximum absolute atomic E-state index is 12.5. The summed E-state index contributed by atoms with van der Waals surface area (Å²) in [6.45, 7) is 1.71. The van der Waals surface area contributed by atoms with Gasteiger partial charge in [0.15, 0.2) is 0 Å². The fourth-order valence-corrected chi connectivity index (χ4v) is 1.81. The van der Waals surface area contributed by atoms with Crippen LogP contribution >= 0.6 is 0 Å². The van der Waals surface area contributed by atoms with Crippen molar-refractivity contribution in [3.05, 3.63) is 29.6 Å². The maximum Gasteiger partial charge on any atom is 0.338 e. The normalized spacial score (nSPS) is 10.4. The highest BCUT2D eigenvalue weighted by Crippen LogP contribution is 2.10. The van der Waals surface area contributed by atoms with Gasteiger partial charge in [0.2, 0.25) is 0 Å². The molecule has 0 saturated heterocycles. The Bertz CT molecular complexity index is 478. The molecule has 0 fully saturated rings. The van der Waals surface area contributed by atoms with Gasteiger partial charge in [0.1, 0.15) is 5.69 Å². The van der Waals surface area contributed by atoms with Crippen molar-refractivity contribution < 1.29 is 24.2 Å². The number of carbonyl (C=O) groups excluding carboxylic acids is 1. The molecule has 0 aliphatic carbocycles. The average Bonchev–Trinajstić information content (AvgIpc) is 2.50. The Kier molecular flexibility index (Phi) is 7.34. The minimum atomic E-state index is -1.17. The van der Waals surface area contributed by atoms with E-state index < -0.39 is 11.9 Å². The zero-order chi connectivity index (χ0) is 15.7. The molecule has 21 heavy (non-hydrogen) atoms. The molecule has 1 heterocycles. The molecule has 0 aromatic carbocycles. The molecule has 0 unspecified atom stereocenters. The smallest absolute Gasteiger partial charge is 0.338 e. The molecule has 0 aliphatic heterocycles. The highest BCUT2D eigenvalue weighted by atomic mass is 16.5. The third-order valence-electron chi connectivity index (χ3n) is 2.87. The Balaban J connectivity index is 2.90. The van der Waals surface area contributed by atoms with E-state index in [0.717, 1.165) is 0 Å². The summed E-state index contributed by atoms with van der Waals surface area (Å²) in [6, 6.07) is 2.86. The number of nitrogens with zero attached hydrogens (tertiary/aromatic N) is 2. The topological polar surface area (TPSA) is 89.0 Å². The third-order valence-corrected chi connectivity index (χ3v) is 2.87. The number of ether oxygens (including phenoxy) is 2. The molecule has 0 spiro atoms. The highest BCUT2D eigenvalue weighted by molar-refractivity contribution is 6.03. The molecule has 1 N–H and O–H groups in total. The van der Waals surface area contributed by atoms with Gasteiger partial charge in [-0.3, -0.25) is 9.78 Å². The Morgan fingerprint density at radius 2 is 1.95 bits per heavy atom. The number of aromatic nitrogens is 1. The van der Waals surface area contributed by atoms with E-state index in [1.165, 1.54) is 23.2 Å². The van der Waals surface area contributed by atoms with Crippen LogP contribution in [0.5, 0.6) is 0 Å². The zero-order valence-corrected chi connectivity index (χ0v) is 12.2. The van der Waals surface area contributed by atoms with Crippen molar-refractivity contribution in [1.82, 2.24) is 9.88 Å². The lowest BCUT2D eigenvalue weighted by Crippen LogP contribution is -2.36. The van der Waals surface area contributed by atoms with E-state index in [1.807, 2.05) is 0 Å². The second kappa shape index (κ2) is 9.04. The summed E-state index contributed by atoms with van der Waals surface area (Å²) < 4.78 is 9.95. The Hall–Kier alpha value is -1.99. The number of aromatic carboxylic acids is 1. The molecule has 0 bridgehead atoms. The molecule has 1 amide bonds. The lowest BCUT2D eigenvalue weighted by molar-refractivity contribution is 0.0638. The maximum atomic E-state index is 12.5. The van der Waals surface area contributed by atoms with E-state index in [9.17, 15) is 9.59 Å². The Morgan fingerprint density at radius 1 is 1.24 bits per heavy atom. The van der Waals surface area contributed by atoms with Crippen molar-refractivity contribution in [2.24, 2.45) is 0 Å². The predicted molar refractivity (Wildman–Crippen MR) is 75.5 cm³/mol. The molecule has 0 radical (unpaired) electrons. The summed E-state index contributed by atoms with van der Waals surface area (Å²) >= 11 is 0. The van der Waals surface area contributed by atoms with Gasteiger partial charge in [0.05, 0.1) is 12.2 Å². The van der Waals surface area contributed by atoms with Crippen molar-refractivity contribution >= 4 is 11.9 Å². The van der Waals surface area contributed by atoms with Gasteiger partial charge >= 0.3 is 5.97 Å². The molecule has 0 aliphatic rings. The van der Waals surface area contributed by atoms with Crippen LogP contribution in [0.2, 0.25) is 0 Å². The SMILES string of the molecule is COCCCN(CCOC)C(=O)c1ncccc1C(=O)O. The van der Waals surface area contributed by atoms with Gasteiger partial charge in [-0.15, -0.1) is 0 Å². The van der Waals surface area contributed by atoms with Crippen molar-refractivity contribution in [2.75, 3.05) is 40.5 Å². The van der Waals surface area contributed by atoms with Crippen molar-refractivity contribution in [2.45, 2.75) is 6.42 Å². The molecule has 0 atom stereocenters. The summed E-state index contributed by atoms with van der Waals surface area (Å²) in [7, 11) is 3.13. The van der Waals surface area contributed by atoms with Gasteiger partial charge in [-0.2, -0.15) is 0 Å². The van der Waals surface area contributed by atoms with Crippen LogP contribution in [0.3, 0.4) is 0 Å². The summed E-state index contributed by atoms with van der Waals surface area (Å²) in [6.07, 6.45) is 2.06. The van der Waals surface area contributed by atoms with Crippen LogP contribution < -0.4 is 0 Å². The molecule has 0 saturated carbocycles. The molecular weight excluding hydrogens is 276 g/mol. The standard InChI is InChI=1S/C14H20N2O5/c1-20-9-4-7-16(8-10-21-2)13(17)12-11(14(18)19)5-3-6-15-12/h3,5-6H,4,7-10H2,1-2H3,(H,18,19). The first kappa shape index (κ1) is 17.1. The van der Waals surface area contributed by atoms with Crippen LogP contribution in [0.25, 0.3) is 0 Å². The second-order valence-electron chi connectivity index (χ2n) is 4.34. The second-order valence-corrected chi connectivity index (χ2v) is 4.34. The molecule has 116 valence electrons. The van der Waals surface area contributed by atoms with E-state index in [-0.39, 0.29) is 11.3 Å². The quantitative estimate of drug-likeness (QED) is 0.681. The fourth-order valence-electron chi connectivity index (χ4n) is 1.81. The van der Waals surface area contributed by atoms with E-state index in [1.54, 1.807) is 14.2 Å². The minimum absolute atomic E-state index is 0.0569. The molecule has 7 heteroatoms. The van der Waals surface area contributed by atoms with Gasteiger partial charge in [-0.05, 0) is 18.6 Å². The molecular formula is C14H20N2O5. The predicted octanol–water partition coefficient (Wildman–Crippen LogP) is 0.905. The first-order chi connectivity index (χ1) is 10.1. The van der Waals surface area contributed by atoms with E-state index in [0.29, 0.717) is 32.7 Å². The molecule has 1 aromatic rings. The van der Waals surface area contributed by atoms with Crippen LogP contribution in [0.1, 0.15) is 27.3 Å². The fraction of sp³-hybridized carbons (Fsp3) is 0.500. The average molecular weight is 296 g/mol. The lowest BCUT2D eigenvalue weighted by atomic mass is 10.1. The summed E-state index contributed by atoms with van der Waals surface area (Å²) in [4.78, 5) is 29.1. The van der Waals surface area contributed by atoms with Crippen LogP contribution in [-0.2, 0) is 9.47 Å². The van der Waals surface area contributed by atoms with Crippen molar-refractivity contribution in [1.29, 1.82) is 0 Å². The number of carbonyl (C=O) groups is 2. The number of methoxy groups -OCH3 is 2. The molecule has 1 aromatic heterocycles. The number of hydrogen-bond donors (Lipinski definition) is 1. The van der Waals surface area contributed by atoms with Crippen molar-refractivity contribution in [3.8, 4) is 0 Å². The number of carboxylic acid groups (broad SMARTS) is 1. The van der Waals surface area contributed by atoms with E-state index in [2.05, 4.69) is 4.98 Å². The monoisotopic (exact) mass is 296 g/mol. The lowest BCUT2D eigenvalue weighted by Gasteiger charge is -2.22. The van der Waals surface area contributed by atoms with Gasteiger partial charge in [-0.1, -0.05) is 0 Å². The first-order valence-electron chi connectivity index (χ1n) is 6.57. The van der Waals surface area contributed by atoms with Gasteiger partial charge in [0, 0.05) is 40.1 Å². The number of amides is 1. The Morgan fingerprint density at radius 3 is 2.57 bits per heavy atom. The number of hydrogen-bond acceptors (Lipinski definition) is 5. The summed E-state index contributed by atoms with van der Waals surface area (Å²) in [5.41, 5.74) is -0.157. The van der Waals surface area contributed by atoms with Crippen LogP contribution in [0.4, 0.5) is 0 Å². The van der Waals surface area contributed by atoms with E-state index in [4.69, 9.17) is 14.6 Å². The third kappa shape index (κ3) is 5.13. The number of rotatable bonds is 9. The zero-order valence-electron chi connectivity index (χ0n) is 12.2. The summed E-state index contributed by atoms with van der Waals surface area (Å²) in [5, 5.41) is 9.13. The van der Waals surface area contributed by atoms with Crippen LogP contribution in [0.15, 0.2) is 18.3 Å². The van der Waals surface area contributed by atoms with E-state index >= 15 is 0 Å². The largest absolute Gasteiger partial charge is 0.478 e. The van der Waals surface area contributed by atoms with Gasteiger partial charge in [-0.25, -0.2) is 4.79 Å². The van der Waals surface area contributed by atoms with Crippen molar-refractivity contribution in [3.63, 3.8) is 0 Å². The van der Waals surface area contributed by atoms with Gasteiger partial charge in [0.25, 0.3) is 5.91 Å². The molecule has 1 rings (SSSR count). The van der Waals surface area contributed by atoms with Gasteiger partial charge < -0.3 is 19.5 Å². The Labute approximate surface area is 123 Å². The summed E-state index contributed by atoms with van der Waals surface area (Å²) in [5.74, 6) is -1.59. The number of pyridine rings is 1. The first-order valence-corrected chi connectivity index (χ1v) is 6.57. The minimum Gasteiger partial charge on any atom is -0.478 e. The highest BCUT2D eigenvalue weighted by Gasteiger charge is 2.22. The van der Waals surface area contributed by atoms with Crippen LogP contribution in [-0.4, -0.2) is 67.4 Å². The molecule has 7 nitrogen and oxygen atoms in total. The number of carboxylic acids is 1.